The van der Waals surface area contributed by atoms with Gasteiger partial charge in [-0.3, -0.25) is 19.3 Å². The molecule has 0 aliphatic carbocycles. The minimum atomic E-state index is -1.38. The van der Waals surface area contributed by atoms with Crippen LogP contribution in [0.1, 0.15) is 31.7 Å². The van der Waals surface area contributed by atoms with Gasteiger partial charge in [-0.05, 0) is 31.2 Å². The number of likely N-dealkylation sites (tertiary alicyclic amines) is 1. The highest BCUT2D eigenvalue weighted by Crippen LogP contribution is 2.58. The van der Waals surface area contributed by atoms with E-state index in [1.807, 2.05) is 61.6 Å². The number of benzene rings is 1. The second kappa shape index (κ2) is 12.5. The number of allylic oxidation sites excluding steroid dienone is 1. The summed E-state index contributed by atoms with van der Waals surface area (Å²) in [6, 6.07) is 7.92. The Kier molecular flexibility index (Phi) is 8.73. The minimum Gasteiger partial charge on any atom is -0.465 e. The first-order chi connectivity index (χ1) is 20.9. The van der Waals surface area contributed by atoms with Crippen LogP contribution in [0.15, 0.2) is 54.6 Å². The summed E-state index contributed by atoms with van der Waals surface area (Å²) in [6.07, 6.45) is 9.93. The Balaban J connectivity index is 1.42. The van der Waals surface area contributed by atoms with Gasteiger partial charge < -0.3 is 29.1 Å². The molecule has 1 N–H and O–H groups in total. The first kappa shape index (κ1) is 30.0. The molecule has 232 valence electrons. The number of hydrogen-bond acceptors (Lipinski definition) is 8. The van der Waals surface area contributed by atoms with Gasteiger partial charge in [-0.1, -0.05) is 61.6 Å². The molecule has 5 aliphatic heterocycles. The summed E-state index contributed by atoms with van der Waals surface area (Å²) in [5.41, 5.74) is -1.53. The molecule has 6 rings (SSSR count). The van der Waals surface area contributed by atoms with Gasteiger partial charge in [0.05, 0.1) is 38.4 Å². The minimum absolute atomic E-state index is 0.226. The lowest BCUT2D eigenvalue weighted by atomic mass is 9.73. The molecule has 10 heteroatoms. The molecule has 3 fully saturated rings. The molecule has 6 atom stereocenters. The smallest absolute Gasteiger partial charge is 0.313 e. The van der Waals surface area contributed by atoms with Crippen LogP contribution in [-0.2, 0) is 35.0 Å². The van der Waals surface area contributed by atoms with E-state index >= 15 is 0 Å². The Hall–Kier alpha value is -3.05. The zero-order valence-electron chi connectivity index (χ0n) is 24.9. The summed E-state index contributed by atoms with van der Waals surface area (Å²) >= 11 is 0. The Morgan fingerprint density at radius 3 is 2.51 bits per heavy atom. The first-order valence-corrected chi connectivity index (χ1v) is 15.7. The van der Waals surface area contributed by atoms with E-state index in [1.165, 1.54) is 0 Å². The number of morpholine rings is 1. The Labute approximate surface area is 253 Å². The maximum Gasteiger partial charge on any atom is 0.313 e. The molecule has 3 saturated heterocycles. The highest BCUT2D eigenvalue weighted by molar-refractivity contribution is 5.99. The van der Waals surface area contributed by atoms with Crippen molar-refractivity contribution in [2.45, 2.75) is 55.9 Å². The van der Waals surface area contributed by atoms with Crippen molar-refractivity contribution in [1.29, 1.82) is 0 Å². The summed E-state index contributed by atoms with van der Waals surface area (Å²) in [5, 5.41) is 10.7. The quantitative estimate of drug-likeness (QED) is 0.358. The van der Waals surface area contributed by atoms with Crippen LogP contribution in [0.2, 0.25) is 0 Å². The molecule has 1 aromatic rings. The van der Waals surface area contributed by atoms with Crippen molar-refractivity contribution in [3.8, 4) is 0 Å². The van der Waals surface area contributed by atoms with Gasteiger partial charge in [-0.25, -0.2) is 0 Å². The maximum atomic E-state index is 14.7. The van der Waals surface area contributed by atoms with Crippen molar-refractivity contribution < 1.29 is 33.7 Å². The number of carbonyl (C=O) groups excluding carboxylic acids is 3. The van der Waals surface area contributed by atoms with Crippen LogP contribution in [0.25, 0.3) is 0 Å². The van der Waals surface area contributed by atoms with E-state index in [1.54, 1.807) is 9.80 Å². The van der Waals surface area contributed by atoms with Crippen molar-refractivity contribution in [3.63, 3.8) is 0 Å². The summed E-state index contributed by atoms with van der Waals surface area (Å²) in [7, 11) is 0. The van der Waals surface area contributed by atoms with E-state index in [9.17, 15) is 19.5 Å². The van der Waals surface area contributed by atoms with Gasteiger partial charge in [0.2, 0.25) is 11.8 Å². The summed E-state index contributed by atoms with van der Waals surface area (Å²) in [6.45, 7) is 6.35. The van der Waals surface area contributed by atoms with Gasteiger partial charge in [0.25, 0.3) is 0 Å². The number of aliphatic hydroxyl groups excluding tert-OH is 1. The van der Waals surface area contributed by atoms with E-state index in [-0.39, 0.29) is 25.0 Å². The van der Waals surface area contributed by atoms with E-state index in [0.29, 0.717) is 52.1 Å². The molecule has 0 radical (unpaired) electrons. The fraction of sp³-hybridized carbons (Fsp3) is 0.606. The molecule has 1 spiro atoms. The molecule has 5 aliphatic rings. The number of carbonyl (C=O) groups is 3. The number of esters is 1. The van der Waals surface area contributed by atoms with Crippen LogP contribution in [0, 0.1) is 11.8 Å². The molecule has 2 amide bonds. The number of rotatable bonds is 8. The number of nitrogens with zero attached hydrogens (tertiary/aromatic N) is 3. The van der Waals surface area contributed by atoms with Gasteiger partial charge in [-0.15, -0.1) is 0 Å². The van der Waals surface area contributed by atoms with E-state index in [4.69, 9.17) is 14.2 Å². The molecular formula is C33H43N3O7. The summed E-state index contributed by atoms with van der Waals surface area (Å²) in [4.78, 5) is 48.8. The SMILES string of the molecule is CC[C@@]12/C=C\CCCOC(=O)[C@@H]1[C@H]1C(=O)N([C@@H](CO)Cc3ccccc3)C3C(=O)N(CCN4CCOCC4)CC=C[C@@]31O2. The van der Waals surface area contributed by atoms with Crippen LogP contribution < -0.4 is 0 Å². The molecule has 0 aromatic heterocycles. The zero-order valence-corrected chi connectivity index (χ0v) is 24.9. The van der Waals surface area contributed by atoms with E-state index in [2.05, 4.69) is 4.90 Å². The number of aliphatic hydroxyl groups is 1. The Bertz CT molecular complexity index is 1250. The molecule has 43 heavy (non-hydrogen) atoms. The molecule has 0 bridgehead atoms. The lowest BCUT2D eigenvalue weighted by Gasteiger charge is -2.41. The van der Waals surface area contributed by atoms with Crippen LogP contribution in [0.4, 0.5) is 0 Å². The average molecular weight is 594 g/mol. The van der Waals surface area contributed by atoms with Crippen LogP contribution in [0.3, 0.4) is 0 Å². The van der Waals surface area contributed by atoms with Crippen LogP contribution >= 0.6 is 0 Å². The predicted molar refractivity (Wildman–Crippen MR) is 158 cm³/mol. The zero-order chi connectivity index (χ0) is 30.0. The fourth-order valence-electron chi connectivity index (χ4n) is 7.68. The molecular weight excluding hydrogens is 550 g/mol. The van der Waals surface area contributed by atoms with Gasteiger partial charge in [0.1, 0.15) is 23.2 Å². The number of amides is 2. The van der Waals surface area contributed by atoms with Gasteiger partial charge in [0, 0.05) is 32.7 Å². The molecule has 1 aromatic carbocycles. The van der Waals surface area contributed by atoms with Crippen molar-refractivity contribution in [2.24, 2.45) is 11.8 Å². The highest BCUT2D eigenvalue weighted by atomic mass is 16.6. The van der Waals surface area contributed by atoms with Gasteiger partial charge in [0.15, 0.2) is 0 Å². The second-order valence-electron chi connectivity index (χ2n) is 12.2. The first-order valence-electron chi connectivity index (χ1n) is 15.7. The number of cyclic esters (lactones) is 1. The summed E-state index contributed by atoms with van der Waals surface area (Å²) in [5.74, 6) is -2.92. The third-order valence-electron chi connectivity index (χ3n) is 9.86. The third kappa shape index (κ3) is 5.32. The fourth-order valence-corrected chi connectivity index (χ4v) is 7.68. The lowest BCUT2D eigenvalue weighted by Crippen LogP contribution is -2.59. The molecule has 10 nitrogen and oxygen atoms in total. The molecule has 1 unspecified atom stereocenters. The van der Waals surface area contributed by atoms with Gasteiger partial charge in [-0.2, -0.15) is 0 Å². The third-order valence-corrected chi connectivity index (χ3v) is 9.86. The average Bonchev–Trinajstić information content (AvgIpc) is 3.42. The van der Waals surface area contributed by atoms with Crippen molar-refractivity contribution in [2.75, 3.05) is 59.2 Å². The second-order valence-corrected chi connectivity index (χ2v) is 12.2. The van der Waals surface area contributed by atoms with E-state index in [0.717, 1.165) is 25.1 Å². The highest BCUT2D eigenvalue weighted by Gasteiger charge is 2.75. The molecule has 5 heterocycles. The van der Waals surface area contributed by atoms with Crippen LogP contribution in [-0.4, -0.2) is 120 Å². The number of hydrogen-bond donors (Lipinski definition) is 1. The predicted octanol–water partition coefficient (Wildman–Crippen LogP) is 1.57. The van der Waals surface area contributed by atoms with Crippen molar-refractivity contribution >= 4 is 17.8 Å². The largest absolute Gasteiger partial charge is 0.465 e. The van der Waals surface area contributed by atoms with Crippen molar-refractivity contribution in [3.05, 3.63) is 60.2 Å². The lowest BCUT2D eigenvalue weighted by molar-refractivity contribution is -0.163. The van der Waals surface area contributed by atoms with Gasteiger partial charge >= 0.3 is 5.97 Å². The van der Waals surface area contributed by atoms with E-state index < -0.39 is 41.1 Å². The Morgan fingerprint density at radius 2 is 1.77 bits per heavy atom. The monoisotopic (exact) mass is 593 g/mol. The number of fused-ring (bicyclic) bond motifs is 2. The number of ether oxygens (including phenoxy) is 3. The topological polar surface area (TPSA) is 109 Å². The van der Waals surface area contributed by atoms with Crippen molar-refractivity contribution in [1.82, 2.24) is 14.7 Å². The summed E-state index contributed by atoms with van der Waals surface area (Å²) < 4.78 is 18.2. The van der Waals surface area contributed by atoms with Crippen LogP contribution in [0.5, 0.6) is 0 Å². The molecule has 0 saturated carbocycles. The maximum absolute atomic E-state index is 14.7. The normalized spacial score (nSPS) is 34.4. The Morgan fingerprint density at radius 1 is 0.977 bits per heavy atom. The standard InChI is InChI=1S/C33H43N3O7/c1-2-32-12-7-4-8-19-42-31(40)27(32)26-29(38)36(25(23-37)22-24-10-5-3-6-11-24)28-30(39)35(14-9-13-33(26,28)43-32)16-15-34-17-20-41-21-18-34/h3,5-7,9-13,25-28,37H,2,4,8,14-23H2,1H3/b12-7-/t25-,26+,27+,28?,32-,33+/m1/s1.